The van der Waals surface area contributed by atoms with Crippen LogP contribution in [0.3, 0.4) is 0 Å². The summed E-state index contributed by atoms with van der Waals surface area (Å²) in [6.07, 6.45) is 12.8. The lowest BCUT2D eigenvalue weighted by molar-refractivity contribution is 0.568. The van der Waals surface area contributed by atoms with Crippen LogP contribution >= 0.6 is 0 Å². The Hall–Kier alpha value is -0.810. The van der Waals surface area contributed by atoms with Crippen molar-refractivity contribution in [2.45, 2.75) is 45.4 Å². The van der Waals surface area contributed by atoms with E-state index in [9.17, 15) is 4.79 Å². The summed E-state index contributed by atoms with van der Waals surface area (Å²) in [5.41, 5.74) is 0. The molecule has 0 spiro atoms. The van der Waals surface area contributed by atoms with E-state index in [1.807, 2.05) is 6.08 Å². The van der Waals surface area contributed by atoms with Crippen molar-refractivity contribution in [3.8, 4) is 0 Å². The molecule has 0 atom stereocenters. The predicted octanol–water partition coefficient (Wildman–Crippen LogP) is 3.29. The molecule has 0 bridgehead atoms. The second-order valence-corrected chi connectivity index (χ2v) is 2.88. The lowest BCUT2D eigenvalue weighted by atomic mass is 10.1. The first-order chi connectivity index (χ1) is 5.91. The summed E-state index contributed by atoms with van der Waals surface area (Å²) < 4.78 is 0. The van der Waals surface area contributed by atoms with Crippen LogP contribution in [-0.2, 0) is 4.79 Å². The molecule has 0 aromatic rings. The molecule has 0 aliphatic heterocycles. The van der Waals surface area contributed by atoms with E-state index in [-0.39, 0.29) is 0 Å². The highest BCUT2D eigenvalue weighted by Crippen LogP contribution is 2.02. The van der Waals surface area contributed by atoms with Gasteiger partial charge in [0.05, 0.1) is 0 Å². The molecule has 0 radical (unpaired) electrons. The van der Waals surface area contributed by atoms with Crippen molar-refractivity contribution in [2.24, 2.45) is 0 Å². The fourth-order valence-corrected chi connectivity index (χ4v) is 1.02. The van der Waals surface area contributed by atoms with Gasteiger partial charge in [-0.25, -0.2) is 4.79 Å². The summed E-state index contributed by atoms with van der Waals surface area (Å²) in [4.78, 5) is 9.76. The summed E-state index contributed by atoms with van der Waals surface area (Å²) >= 11 is 0. The quantitative estimate of drug-likeness (QED) is 0.322. The lowest BCUT2D eigenvalue weighted by Gasteiger charge is -1.93. The zero-order valence-electron chi connectivity index (χ0n) is 7.88. The second-order valence-electron chi connectivity index (χ2n) is 2.88. The van der Waals surface area contributed by atoms with Crippen molar-refractivity contribution in [2.75, 3.05) is 0 Å². The Bertz CT molecular complexity index is 152. The lowest BCUT2D eigenvalue weighted by Crippen LogP contribution is -1.73. The van der Waals surface area contributed by atoms with Gasteiger partial charge < -0.3 is 0 Å². The van der Waals surface area contributed by atoms with E-state index in [2.05, 4.69) is 13.0 Å². The van der Waals surface area contributed by atoms with E-state index in [1.54, 1.807) is 5.94 Å². The molecule has 0 aliphatic carbocycles. The van der Waals surface area contributed by atoms with E-state index >= 15 is 0 Å². The molecule has 68 valence electrons. The predicted molar refractivity (Wildman–Crippen MR) is 52.8 cm³/mol. The van der Waals surface area contributed by atoms with Crippen molar-refractivity contribution in [1.29, 1.82) is 0 Å². The van der Waals surface area contributed by atoms with Crippen molar-refractivity contribution in [3.05, 3.63) is 18.2 Å². The first-order valence-corrected chi connectivity index (χ1v) is 4.76. The first-order valence-electron chi connectivity index (χ1n) is 4.76. The van der Waals surface area contributed by atoms with Crippen molar-refractivity contribution >= 4 is 5.94 Å². The molecule has 1 heteroatoms. The molecule has 0 aromatic heterocycles. The van der Waals surface area contributed by atoms with Crippen LogP contribution in [0.2, 0.25) is 0 Å². The van der Waals surface area contributed by atoms with Gasteiger partial charge in [0.2, 0.25) is 0 Å². The van der Waals surface area contributed by atoms with Gasteiger partial charge in [-0.3, -0.25) is 0 Å². The second kappa shape index (κ2) is 10.2. The number of carbonyl (C=O) groups excluding carboxylic acids is 1. The van der Waals surface area contributed by atoms with Gasteiger partial charge in [0.15, 0.2) is 0 Å². The van der Waals surface area contributed by atoms with Gasteiger partial charge in [-0.05, 0) is 19.3 Å². The van der Waals surface area contributed by atoms with Crippen LogP contribution in [0, 0.1) is 0 Å². The van der Waals surface area contributed by atoms with Gasteiger partial charge in [0.25, 0.3) is 0 Å². The maximum absolute atomic E-state index is 9.76. The van der Waals surface area contributed by atoms with E-state index < -0.39 is 0 Å². The molecular formula is C11H18O. The molecule has 0 aromatic carbocycles. The molecule has 0 fully saturated rings. The van der Waals surface area contributed by atoms with Crippen molar-refractivity contribution in [3.63, 3.8) is 0 Å². The molecule has 0 saturated carbocycles. The van der Waals surface area contributed by atoms with Crippen LogP contribution in [-0.4, -0.2) is 5.94 Å². The van der Waals surface area contributed by atoms with Crippen LogP contribution in [0.1, 0.15) is 45.4 Å². The summed E-state index contributed by atoms with van der Waals surface area (Å²) in [7, 11) is 0. The maximum Gasteiger partial charge on any atom is 0.120 e. The van der Waals surface area contributed by atoms with E-state index in [1.165, 1.54) is 31.8 Å². The van der Waals surface area contributed by atoms with Gasteiger partial charge in [0.1, 0.15) is 5.94 Å². The molecule has 0 unspecified atom stereocenters. The minimum absolute atomic E-state index is 0.733. The van der Waals surface area contributed by atoms with Crippen LogP contribution < -0.4 is 0 Å². The van der Waals surface area contributed by atoms with Crippen molar-refractivity contribution in [1.82, 2.24) is 0 Å². The summed E-state index contributed by atoms with van der Waals surface area (Å²) in [5.74, 6) is 1.75. The zero-order valence-corrected chi connectivity index (χ0v) is 7.88. The van der Waals surface area contributed by atoms with E-state index in [0.29, 0.717) is 0 Å². The summed E-state index contributed by atoms with van der Waals surface area (Å²) in [6.45, 7) is 2.21. The average Bonchev–Trinajstić information content (AvgIpc) is 2.10. The molecule has 0 saturated heterocycles. The Morgan fingerprint density at radius 3 is 2.67 bits per heavy atom. The molecule has 12 heavy (non-hydrogen) atoms. The standard InChI is InChI=1S/C11H18O/c1-2-3-4-5-6-7-8-9-10-11-12/h7-8,10H,2-6,9H2,1H3/b8-7+. The van der Waals surface area contributed by atoms with Crippen LogP contribution in [0.15, 0.2) is 18.2 Å². The smallest absolute Gasteiger partial charge is 0.120 e. The fourth-order valence-electron chi connectivity index (χ4n) is 1.02. The minimum atomic E-state index is 0.733. The molecule has 0 aliphatic rings. The fraction of sp³-hybridized carbons (Fsp3) is 0.636. The van der Waals surface area contributed by atoms with Crippen LogP contribution in [0.5, 0.6) is 0 Å². The van der Waals surface area contributed by atoms with Gasteiger partial charge in [-0.1, -0.05) is 38.3 Å². The van der Waals surface area contributed by atoms with Gasteiger partial charge in [-0.15, -0.1) is 0 Å². The normalized spacial score (nSPS) is 10.1. The first kappa shape index (κ1) is 11.2. The summed E-state index contributed by atoms with van der Waals surface area (Å²) in [6, 6.07) is 0. The van der Waals surface area contributed by atoms with Crippen molar-refractivity contribution < 1.29 is 4.79 Å². The third kappa shape index (κ3) is 9.19. The molecule has 0 amide bonds. The Morgan fingerprint density at radius 1 is 1.17 bits per heavy atom. The van der Waals surface area contributed by atoms with Gasteiger partial charge in [-0.2, -0.15) is 0 Å². The maximum atomic E-state index is 9.76. The highest BCUT2D eigenvalue weighted by Gasteiger charge is 1.83. The van der Waals surface area contributed by atoms with Crippen LogP contribution in [0.4, 0.5) is 0 Å². The van der Waals surface area contributed by atoms with E-state index in [4.69, 9.17) is 0 Å². The SMILES string of the molecule is CCCCCC/C=C/CC=C=O. The highest BCUT2D eigenvalue weighted by atomic mass is 16.1. The molecule has 0 heterocycles. The Balaban J connectivity index is 3.07. The van der Waals surface area contributed by atoms with Gasteiger partial charge in [0, 0.05) is 6.08 Å². The van der Waals surface area contributed by atoms with Crippen LogP contribution in [0.25, 0.3) is 0 Å². The Kier molecular flexibility index (Phi) is 9.50. The van der Waals surface area contributed by atoms with E-state index in [0.717, 1.165) is 12.8 Å². The third-order valence-corrected chi connectivity index (χ3v) is 1.73. The number of hydrogen-bond acceptors (Lipinski definition) is 1. The number of unbranched alkanes of at least 4 members (excludes halogenated alkanes) is 4. The Morgan fingerprint density at radius 2 is 2.00 bits per heavy atom. The minimum Gasteiger partial charge on any atom is -0.234 e. The third-order valence-electron chi connectivity index (χ3n) is 1.73. The molecule has 0 rings (SSSR count). The van der Waals surface area contributed by atoms with Gasteiger partial charge >= 0.3 is 0 Å². The monoisotopic (exact) mass is 166 g/mol. The Labute approximate surface area is 75.2 Å². The largest absolute Gasteiger partial charge is 0.234 e. The number of hydrogen-bond donors (Lipinski definition) is 0. The molecule has 1 nitrogen and oxygen atoms in total. The number of allylic oxidation sites excluding steroid dienone is 3. The number of rotatable bonds is 7. The topological polar surface area (TPSA) is 17.1 Å². The molecular weight excluding hydrogens is 148 g/mol. The highest BCUT2D eigenvalue weighted by molar-refractivity contribution is 5.45. The zero-order chi connectivity index (χ0) is 9.07. The average molecular weight is 166 g/mol. The molecule has 0 N–H and O–H groups in total. The summed E-state index contributed by atoms with van der Waals surface area (Å²) in [5, 5.41) is 0.